The number of fused-ring (bicyclic) bond motifs is 1. The van der Waals surface area contributed by atoms with Gasteiger partial charge in [-0.1, -0.05) is 12.1 Å². The molecule has 0 aliphatic carbocycles. The van der Waals surface area contributed by atoms with E-state index in [1.807, 2.05) is 0 Å². The van der Waals surface area contributed by atoms with Gasteiger partial charge in [-0.15, -0.1) is 0 Å². The Morgan fingerprint density at radius 1 is 1.05 bits per heavy atom. The highest BCUT2D eigenvalue weighted by atomic mass is 15.3. The fourth-order valence-corrected chi connectivity index (χ4v) is 3.43. The molecule has 0 bridgehead atoms. The van der Waals surface area contributed by atoms with Crippen LogP contribution in [-0.4, -0.2) is 43.2 Å². The number of hydrogen-bond donors (Lipinski definition) is 1. The predicted molar refractivity (Wildman–Crippen MR) is 85.4 cm³/mol. The van der Waals surface area contributed by atoms with Crippen molar-refractivity contribution in [3.63, 3.8) is 0 Å². The molecule has 2 heterocycles. The third-order valence-corrected chi connectivity index (χ3v) is 4.68. The van der Waals surface area contributed by atoms with Crippen molar-refractivity contribution in [1.29, 1.82) is 0 Å². The van der Waals surface area contributed by atoms with Crippen molar-refractivity contribution in [3.05, 3.63) is 29.3 Å². The maximum Gasteiger partial charge on any atom is 0.0403 e. The van der Waals surface area contributed by atoms with Gasteiger partial charge in [0.2, 0.25) is 0 Å². The molecular weight excluding hydrogens is 246 g/mol. The lowest BCUT2D eigenvalue weighted by molar-refractivity contribution is 0.128. The largest absolute Gasteiger partial charge is 0.369 e. The zero-order valence-electron chi connectivity index (χ0n) is 13.1. The maximum atomic E-state index is 3.47. The molecule has 0 amide bonds. The zero-order chi connectivity index (χ0) is 14.2. The lowest BCUT2D eigenvalue weighted by Gasteiger charge is -2.43. The third-order valence-electron chi connectivity index (χ3n) is 4.68. The van der Waals surface area contributed by atoms with Crippen LogP contribution in [0.25, 0.3) is 0 Å². The van der Waals surface area contributed by atoms with E-state index in [1.165, 1.54) is 30.8 Å². The quantitative estimate of drug-likeness (QED) is 0.847. The summed E-state index contributed by atoms with van der Waals surface area (Å²) in [5.74, 6) is 0. The highest BCUT2D eigenvalue weighted by Gasteiger charge is 2.27. The van der Waals surface area contributed by atoms with Crippen LogP contribution in [0.2, 0.25) is 0 Å². The Morgan fingerprint density at radius 3 is 2.50 bits per heavy atom. The minimum absolute atomic E-state index is 0.298. The van der Waals surface area contributed by atoms with Crippen molar-refractivity contribution >= 4 is 5.69 Å². The molecule has 3 nitrogen and oxygen atoms in total. The average molecular weight is 273 g/mol. The van der Waals surface area contributed by atoms with Crippen molar-refractivity contribution in [2.75, 3.05) is 37.6 Å². The molecule has 1 aromatic rings. The molecule has 2 aliphatic rings. The van der Waals surface area contributed by atoms with E-state index in [0.29, 0.717) is 5.54 Å². The normalized spacial score (nSPS) is 20.9. The highest BCUT2D eigenvalue weighted by molar-refractivity contribution is 5.58. The molecule has 1 aromatic carbocycles. The Labute approximate surface area is 123 Å². The molecule has 1 N–H and O–H groups in total. The summed E-state index contributed by atoms with van der Waals surface area (Å²) in [6, 6.07) is 6.81. The van der Waals surface area contributed by atoms with Crippen LogP contribution >= 0.6 is 0 Å². The van der Waals surface area contributed by atoms with Crippen LogP contribution in [0.15, 0.2) is 18.2 Å². The van der Waals surface area contributed by atoms with Crippen molar-refractivity contribution in [2.45, 2.75) is 39.3 Å². The maximum absolute atomic E-state index is 3.47. The Kier molecular flexibility index (Phi) is 3.74. The van der Waals surface area contributed by atoms with Gasteiger partial charge >= 0.3 is 0 Å². The fraction of sp³-hybridized carbons (Fsp3) is 0.647. The van der Waals surface area contributed by atoms with Gasteiger partial charge in [0.1, 0.15) is 0 Å². The smallest absolute Gasteiger partial charge is 0.0403 e. The number of piperazine rings is 1. The zero-order valence-corrected chi connectivity index (χ0v) is 13.1. The number of rotatable bonds is 1. The minimum atomic E-state index is 0.298. The van der Waals surface area contributed by atoms with Gasteiger partial charge in [0.05, 0.1) is 0 Å². The molecular formula is C17H27N3. The molecule has 0 aromatic heterocycles. The summed E-state index contributed by atoms with van der Waals surface area (Å²) in [5.41, 5.74) is 4.85. The summed E-state index contributed by atoms with van der Waals surface area (Å²) >= 11 is 0. The fourth-order valence-electron chi connectivity index (χ4n) is 3.43. The Morgan fingerprint density at radius 2 is 1.80 bits per heavy atom. The molecule has 1 fully saturated rings. The average Bonchev–Trinajstić information content (AvgIpc) is 2.46. The van der Waals surface area contributed by atoms with Gasteiger partial charge in [0.15, 0.2) is 0 Å². The first-order valence-corrected chi connectivity index (χ1v) is 7.87. The summed E-state index contributed by atoms with van der Waals surface area (Å²) in [5, 5.41) is 3.47. The lowest BCUT2D eigenvalue weighted by Crippen LogP contribution is -2.53. The Bertz CT molecular complexity index is 468. The number of hydrogen-bond acceptors (Lipinski definition) is 3. The summed E-state index contributed by atoms with van der Waals surface area (Å²) in [4.78, 5) is 5.19. The molecule has 0 unspecified atom stereocenters. The van der Waals surface area contributed by atoms with Crippen LogP contribution < -0.4 is 10.2 Å². The number of anilines is 1. The minimum Gasteiger partial charge on any atom is -0.369 e. The van der Waals surface area contributed by atoms with Gasteiger partial charge in [-0.3, -0.25) is 4.90 Å². The molecule has 3 rings (SSSR count). The second kappa shape index (κ2) is 5.38. The van der Waals surface area contributed by atoms with E-state index >= 15 is 0 Å². The van der Waals surface area contributed by atoms with E-state index in [-0.39, 0.29) is 0 Å². The van der Waals surface area contributed by atoms with E-state index < -0.39 is 0 Å². The summed E-state index contributed by atoms with van der Waals surface area (Å²) in [6.07, 6.45) is 1.17. The van der Waals surface area contributed by atoms with Crippen LogP contribution in [0.1, 0.15) is 31.9 Å². The third kappa shape index (κ3) is 2.70. The van der Waals surface area contributed by atoms with E-state index in [4.69, 9.17) is 0 Å². The molecule has 0 saturated carbocycles. The molecule has 1 saturated heterocycles. The molecule has 20 heavy (non-hydrogen) atoms. The van der Waals surface area contributed by atoms with Crippen LogP contribution in [-0.2, 0) is 13.0 Å². The van der Waals surface area contributed by atoms with Gasteiger partial charge in [-0.05, 0) is 50.9 Å². The van der Waals surface area contributed by atoms with Crippen molar-refractivity contribution in [1.82, 2.24) is 10.2 Å². The molecule has 0 radical (unpaired) electrons. The summed E-state index contributed by atoms with van der Waals surface area (Å²) < 4.78 is 0. The van der Waals surface area contributed by atoms with Crippen LogP contribution in [0.4, 0.5) is 5.69 Å². The van der Waals surface area contributed by atoms with Crippen LogP contribution in [0.3, 0.4) is 0 Å². The van der Waals surface area contributed by atoms with Crippen molar-refractivity contribution < 1.29 is 0 Å². The number of nitrogens with zero attached hydrogens (tertiary/aromatic N) is 2. The SMILES string of the molecule is CC(C)(C)N1CCN(c2cccc3c2CCNC3)CC1. The van der Waals surface area contributed by atoms with Gasteiger partial charge in [0.25, 0.3) is 0 Å². The van der Waals surface area contributed by atoms with Gasteiger partial charge in [-0.2, -0.15) is 0 Å². The Hall–Kier alpha value is -1.06. The monoisotopic (exact) mass is 273 g/mol. The van der Waals surface area contributed by atoms with Crippen LogP contribution in [0.5, 0.6) is 0 Å². The van der Waals surface area contributed by atoms with E-state index in [2.05, 4.69) is 54.1 Å². The molecule has 0 spiro atoms. The first-order chi connectivity index (χ1) is 9.55. The number of benzene rings is 1. The van der Waals surface area contributed by atoms with Gasteiger partial charge < -0.3 is 10.2 Å². The van der Waals surface area contributed by atoms with E-state index in [1.54, 1.807) is 5.56 Å². The second-order valence-electron chi connectivity index (χ2n) is 6.99. The lowest BCUT2D eigenvalue weighted by atomic mass is 9.97. The first kappa shape index (κ1) is 13.9. The van der Waals surface area contributed by atoms with E-state index in [9.17, 15) is 0 Å². The van der Waals surface area contributed by atoms with Gasteiger partial charge in [0, 0.05) is 44.0 Å². The topological polar surface area (TPSA) is 18.5 Å². The van der Waals surface area contributed by atoms with E-state index in [0.717, 1.165) is 26.2 Å². The molecule has 2 aliphatic heterocycles. The summed E-state index contributed by atoms with van der Waals surface area (Å²) in [6.45, 7) is 13.8. The summed E-state index contributed by atoms with van der Waals surface area (Å²) in [7, 11) is 0. The standard InChI is InChI=1S/C17H27N3/c1-17(2,3)20-11-9-19(10-12-20)16-6-4-5-14-13-18-8-7-15(14)16/h4-6,18H,7-13H2,1-3H3. The Balaban J connectivity index is 1.76. The molecule has 0 atom stereocenters. The van der Waals surface area contributed by atoms with Crippen LogP contribution in [0, 0.1) is 0 Å². The molecule has 110 valence electrons. The first-order valence-electron chi connectivity index (χ1n) is 7.87. The molecule has 3 heteroatoms. The number of nitrogens with one attached hydrogen (secondary N) is 1. The predicted octanol–water partition coefficient (Wildman–Crippen LogP) is 2.25. The highest BCUT2D eigenvalue weighted by Crippen LogP contribution is 2.28. The van der Waals surface area contributed by atoms with Crippen molar-refractivity contribution in [3.8, 4) is 0 Å². The second-order valence-corrected chi connectivity index (χ2v) is 6.99. The van der Waals surface area contributed by atoms with Crippen molar-refractivity contribution in [2.24, 2.45) is 0 Å². The van der Waals surface area contributed by atoms with Gasteiger partial charge in [-0.25, -0.2) is 0 Å².